The third-order valence-corrected chi connectivity index (χ3v) is 7.69. The van der Waals surface area contributed by atoms with Gasteiger partial charge in [0.05, 0.1) is 5.56 Å². The standard InChI is InChI=1S/C32H32F3N3O2/c1-23(39)37-20-15-26-10-13-29(21-30(26)37)38(28-16-18-36(19-17-28)22-25-5-3-2-4-6-25)31(40)14-9-24-7-11-27(12-8-24)32(33,34)35/h2-14,21,28H,15-20,22H2,1H3. The van der Waals surface area contributed by atoms with Gasteiger partial charge in [0, 0.05) is 56.6 Å². The van der Waals surface area contributed by atoms with Crippen molar-refractivity contribution < 1.29 is 22.8 Å². The van der Waals surface area contributed by atoms with Crippen molar-refractivity contribution in [3.05, 3.63) is 101 Å². The summed E-state index contributed by atoms with van der Waals surface area (Å²) in [4.78, 5) is 31.8. The molecule has 2 aliphatic heterocycles. The maximum absolute atomic E-state index is 13.7. The summed E-state index contributed by atoms with van der Waals surface area (Å²) in [5.41, 5.74) is 3.65. The van der Waals surface area contributed by atoms with Crippen molar-refractivity contribution in [2.75, 3.05) is 29.4 Å². The van der Waals surface area contributed by atoms with Crippen molar-refractivity contribution in [1.29, 1.82) is 0 Å². The Morgan fingerprint density at radius 1 is 0.950 bits per heavy atom. The van der Waals surface area contributed by atoms with E-state index >= 15 is 0 Å². The topological polar surface area (TPSA) is 43.9 Å². The Bertz CT molecular complexity index is 1380. The second kappa shape index (κ2) is 11.7. The Kier molecular flexibility index (Phi) is 8.07. The smallest absolute Gasteiger partial charge is 0.312 e. The highest BCUT2D eigenvalue weighted by molar-refractivity contribution is 6.05. The Morgan fingerprint density at radius 2 is 1.65 bits per heavy atom. The maximum atomic E-state index is 13.7. The molecule has 0 aromatic heterocycles. The van der Waals surface area contributed by atoms with Gasteiger partial charge >= 0.3 is 6.18 Å². The molecule has 5 nitrogen and oxygen atoms in total. The largest absolute Gasteiger partial charge is 0.416 e. The molecule has 0 spiro atoms. The molecule has 1 fully saturated rings. The maximum Gasteiger partial charge on any atom is 0.416 e. The lowest BCUT2D eigenvalue weighted by Gasteiger charge is -2.38. The molecule has 0 saturated carbocycles. The van der Waals surface area contributed by atoms with Gasteiger partial charge in [0.15, 0.2) is 0 Å². The molecule has 5 rings (SSSR count). The highest BCUT2D eigenvalue weighted by Gasteiger charge is 2.31. The zero-order valence-corrected chi connectivity index (χ0v) is 22.4. The first kappa shape index (κ1) is 27.6. The number of fused-ring (bicyclic) bond motifs is 1. The number of alkyl halides is 3. The summed E-state index contributed by atoms with van der Waals surface area (Å²) in [6.45, 7) is 4.67. The van der Waals surface area contributed by atoms with E-state index in [9.17, 15) is 22.8 Å². The zero-order valence-electron chi connectivity index (χ0n) is 22.4. The van der Waals surface area contributed by atoms with Crippen molar-refractivity contribution in [3.63, 3.8) is 0 Å². The molecule has 0 radical (unpaired) electrons. The molecule has 8 heteroatoms. The molecule has 2 heterocycles. The third-order valence-electron chi connectivity index (χ3n) is 7.69. The Balaban J connectivity index is 1.38. The zero-order chi connectivity index (χ0) is 28.3. The van der Waals surface area contributed by atoms with Crippen molar-refractivity contribution in [1.82, 2.24) is 4.90 Å². The number of hydrogen-bond donors (Lipinski definition) is 0. The minimum atomic E-state index is -4.41. The predicted molar refractivity (Wildman–Crippen MR) is 151 cm³/mol. The number of halogens is 3. The summed E-state index contributed by atoms with van der Waals surface area (Å²) in [5.74, 6) is -0.279. The van der Waals surface area contributed by atoms with Gasteiger partial charge in [0.25, 0.3) is 5.91 Å². The summed E-state index contributed by atoms with van der Waals surface area (Å²) < 4.78 is 38.8. The average Bonchev–Trinajstić information content (AvgIpc) is 3.37. The minimum absolute atomic E-state index is 0.0369. The van der Waals surface area contributed by atoms with E-state index in [4.69, 9.17) is 0 Å². The van der Waals surface area contributed by atoms with Gasteiger partial charge < -0.3 is 9.80 Å². The molecule has 0 atom stereocenters. The first-order valence-corrected chi connectivity index (χ1v) is 13.5. The van der Waals surface area contributed by atoms with Crippen LogP contribution in [0, 0.1) is 0 Å². The fourth-order valence-electron chi connectivity index (χ4n) is 5.57. The fraction of sp³-hybridized carbons (Fsp3) is 0.312. The third kappa shape index (κ3) is 6.28. The predicted octanol–water partition coefficient (Wildman–Crippen LogP) is 6.33. The Morgan fingerprint density at radius 3 is 2.30 bits per heavy atom. The van der Waals surface area contributed by atoms with E-state index in [1.807, 2.05) is 36.4 Å². The molecule has 2 aliphatic rings. The molecule has 208 valence electrons. The number of nitrogens with zero attached hydrogens (tertiary/aromatic N) is 3. The number of anilines is 2. The first-order valence-electron chi connectivity index (χ1n) is 13.5. The van der Waals surface area contributed by atoms with Crippen molar-refractivity contribution in [2.45, 2.75) is 44.9 Å². The van der Waals surface area contributed by atoms with Crippen LogP contribution in [0.5, 0.6) is 0 Å². The lowest BCUT2D eigenvalue weighted by Crippen LogP contribution is -2.47. The van der Waals surface area contributed by atoms with Crippen LogP contribution in [0.4, 0.5) is 24.5 Å². The number of benzene rings is 3. The molecule has 0 N–H and O–H groups in total. The van der Waals surface area contributed by atoms with E-state index in [1.165, 1.54) is 23.8 Å². The molecule has 0 bridgehead atoms. The second-order valence-corrected chi connectivity index (χ2v) is 10.4. The van der Waals surface area contributed by atoms with Crippen LogP contribution in [-0.2, 0) is 28.7 Å². The normalized spacial score (nSPS) is 16.4. The molecule has 3 aromatic rings. The van der Waals surface area contributed by atoms with Crippen molar-refractivity contribution in [3.8, 4) is 0 Å². The average molecular weight is 548 g/mol. The number of amides is 2. The van der Waals surface area contributed by atoms with Crippen LogP contribution >= 0.6 is 0 Å². The highest BCUT2D eigenvalue weighted by Crippen LogP contribution is 2.35. The second-order valence-electron chi connectivity index (χ2n) is 10.4. The summed E-state index contributed by atoms with van der Waals surface area (Å²) in [5, 5.41) is 0. The van der Waals surface area contributed by atoms with E-state index in [0.29, 0.717) is 12.1 Å². The first-order chi connectivity index (χ1) is 19.2. The molecular formula is C32H32F3N3O2. The number of piperidine rings is 1. The van der Waals surface area contributed by atoms with Crippen LogP contribution in [0.1, 0.15) is 42.0 Å². The van der Waals surface area contributed by atoms with Crippen LogP contribution in [-0.4, -0.2) is 42.4 Å². The van der Waals surface area contributed by atoms with Gasteiger partial charge in [-0.3, -0.25) is 14.5 Å². The van der Waals surface area contributed by atoms with Crippen LogP contribution in [0.2, 0.25) is 0 Å². The van der Waals surface area contributed by atoms with Crippen LogP contribution in [0.15, 0.2) is 78.9 Å². The van der Waals surface area contributed by atoms with Gasteiger partial charge in [-0.1, -0.05) is 48.5 Å². The lowest BCUT2D eigenvalue weighted by atomic mass is 10.0. The number of hydrogen-bond acceptors (Lipinski definition) is 3. The number of likely N-dealkylation sites (tertiary alicyclic amines) is 1. The highest BCUT2D eigenvalue weighted by atomic mass is 19.4. The number of rotatable bonds is 6. The van der Waals surface area contributed by atoms with Crippen molar-refractivity contribution >= 4 is 29.3 Å². The molecular weight excluding hydrogens is 515 g/mol. The van der Waals surface area contributed by atoms with E-state index < -0.39 is 11.7 Å². The van der Waals surface area contributed by atoms with E-state index in [2.05, 4.69) is 17.0 Å². The van der Waals surface area contributed by atoms with Gasteiger partial charge in [-0.15, -0.1) is 0 Å². The molecule has 0 aliphatic carbocycles. The molecule has 1 saturated heterocycles. The summed E-state index contributed by atoms with van der Waals surface area (Å²) in [6.07, 6.45) is 0.894. The number of carbonyl (C=O) groups is 2. The van der Waals surface area contributed by atoms with E-state index in [-0.39, 0.29) is 17.9 Å². The fourth-order valence-corrected chi connectivity index (χ4v) is 5.57. The Labute approximate surface area is 232 Å². The van der Waals surface area contributed by atoms with Crippen LogP contribution in [0.3, 0.4) is 0 Å². The summed E-state index contributed by atoms with van der Waals surface area (Å²) in [7, 11) is 0. The molecule has 3 aromatic carbocycles. The molecule has 2 amide bonds. The number of carbonyl (C=O) groups excluding carboxylic acids is 2. The van der Waals surface area contributed by atoms with Gasteiger partial charge in [-0.2, -0.15) is 13.2 Å². The van der Waals surface area contributed by atoms with Crippen LogP contribution < -0.4 is 9.80 Å². The van der Waals surface area contributed by atoms with E-state index in [0.717, 1.165) is 68.0 Å². The van der Waals surface area contributed by atoms with E-state index in [1.54, 1.807) is 22.8 Å². The van der Waals surface area contributed by atoms with Gasteiger partial charge in [-0.25, -0.2) is 0 Å². The summed E-state index contributed by atoms with van der Waals surface area (Å²) >= 11 is 0. The Hall–Kier alpha value is -3.91. The van der Waals surface area contributed by atoms with Gasteiger partial charge in [0.2, 0.25) is 5.91 Å². The van der Waals surface area contributed by atoms with Gasteiger partial charge in [0.1, 0.15) is 0 Å². The SMILES string of the molecule is CC(=O)N1CCc2ccc(N(C(=O)C=Cc3ccc(C(F)(F)F)cc3)C3CCN(Cc4ccccc4)CC3)cc21. The van der Waals surface area contributed by atoms with Gasteiger partial charge in [-0.05, 0) is 66.3 Å². The molecule has 40 heavy (non-hydrogen) atoms. The van der Waals surface area contributed by atoms with Crippen LogP contribution in [0.25, 0.3) is 6.08 Å². The quantitative estimate of drug-likeness (QED) is 0.339. The molecule has 0 unspecified atom stereocenters. The minimum Gasteiger partial charge on any atom is -0.312 e. The summed E-state index contributed by atoms with van der Waals surface area (Å²) in [6, 6.07) is 20.8. The lowest BCUT2D eigenvalue weighted by molar-refractivity contribution is -0.137. The van der Waals surface area contributed by atoms with Crippen molar-refractivity contribution in [2.24, 2.45) is 0 Å². The monoisotopic (exact) mass is 547 g/mol.